The SMILES string of the molecule is Cc1ccc(-c2cc(O)c3c(c2)CN(Cc2ccco2)CCO3)s1. The molecule has 1 N–H and O–H groups in total. The van der Waals surface area contributed by atoms with E-state index in [1.165, 1.54) is 4.88 Å². The molecule has 0 bridgehead atoms. The number of aromatic hydroxyl groups is 1. The minimum Gasteiger partial charge on any atom is -0.504 e. The molecule has 0 radical (unpaired) electrons. The highest BCUT2D eigenvalue weighted by Crippen LogP contribution is 2.39. The molecule has 2 aromatic heterocycles. The lowest BCUT2D eigenvalue weighted by atomic mass is 10.1. The highest BCUT2D eigenvalue weighted by molar-refractivity contribution is 7.15. The molecule has 1 aliphatic rings. The average molecular weight is 341 g/mol. The van der Waals surface area contributed by atoms with Crippen LogP contribution in [0, 0.1) is 6.92 Å². The molecule has 0 saturated heterocycles. The quantitative estimate of drug-likeness (QED) is 0.766. The van der Waals surface area contributed by atoms with Crippen LogP contribution >= 0.6 is 11.3 Å². The highest BCUT2D eigenvalue weighted by Gasteiger charge is 2.20. The van der Waals surface area contributed by atoms with Gasteiger partial charge < -0.3 is 14.3 Å². The molecule has 0 saturated carbocycles. The summed E-state index contributed by atoms with van der Waals surface area (Å²) in [5.74, 6) is 1.76. The second-order valence-corrected chi connectivity index (χ2v) is 7.32. The van der Waals surface area contributed by atoms with Gasteiger partial charge in [0.2, 0.25) is 0 Å². The van der Waals surface area contributed by atoms with Crippen molar-refractivity contribution in [2.45, 2.75) is 20.0 Å². The number of ether oxygens (including phenoxy) is 1. The molecule has 0 spiro atoms. The summed E-state index contributed by atoms with van der Waals surface area (Å²) < 4.78 is 11.3. The molecule has 0 fully saturated rings. The van der Waals surface area contributed by atoms with Gasteiger partial charge in [-0.05, 0) is 48.9 Å². The van der Waals surface area contributed by atoms with Gasteiger partial charge in [0.1, 0.15) is 12.4 Å². The number of hydrogen-bond acceptors (Lipinski definition) is 5. The van der Waals surface area contributed by atoms with Gasteiger partial charge in [-0.2, -0.15) is 0 Å². The number of rotatable bonds is 3. The van der Waals surface area contributed by atoms with Gasteiger partial charge in [0.05, 0.1) is 12.8 Å². The number of fused-ring (bicyclic) bond motifs is 1. The van der Waals surface area contributed by atoms with Crippen molar-refractivity contribution in [2.75, 3.05) is 13.2 Å². The first-order valence-electron chi connectivity index (χ1n) is 7.99. The van der Waals surface area contributed by atoms with Gasteiger partial charge in [-0.25, -0.2) is 0 Å². The lowest BCUT2D eigenvalue weighted by Crippen LogP contribution is -2.25. The maximum absolute atomic E-state index is 10.4. The van der Waals surface area contributed by atoms with Crippen molar-refractivity contribution in [1.82, 2.24) is 4.90 Å². The smallest absolute Gasteiger partial charge is 0.165 e. The predicted octanol–water partition coefficient (Wildman–Crippen LogP) is 4.42. The zero-order valence-electron chi connectivity index (χ0n) is 13.5. The van der Waals surface area contributed by atoms with Crippen LogP contribution in [0.1, 0.15) is 16.2 Å². The molecular formula is C19H19NO3S. The fraction of sp³-hybridized carbons (Fsp3) is 0.263. The second-order valence-electron chi connectivity index (χ2n) is 6.03. The zero-order chi connectivity index (χ0) is 16.5. The summed E-state index contributed by atoms with van der Waals surface area (Å²) in [6.45, 7) is 4.90. The van der Waals surface area contributed by atoms with E-state index in [1.807, 2.05) is 12.1 Å². The summed E-state index contributed by atoms with van der Waals surface area (Å²) in [5, 5.41) is 10.4. The van der Waals surface area contributed by atoms with Gasteiger partial charge in [0.15, 0.2) is 11.5 Å². The Morgan fingerprint density at radius 3 is 2.92 bits per heavy atom. The van der Waals surface area contributed by atoms with E-state index in [0.717, 1.165) is 41.4 Å². The Hall–Kier alpha value is -2.24. The fourth-order valence-corrected chi connectivity index (χ4v) is 3.90. The van der Waals surface area contributed by atoms with E-state index in [9.17, 15) is 5.11 Å². The molecule has 5 heteroatoms. The summed E-state index contributed by atoms with van der Waals surface area (Å²) in [4.78, 5) is 4.69. The molecular weight excluding hydrogens is 322 g/mol. The second kappa shape index (κ2) is 6.34. The van der Waals surface area contributed by atoms with E-state index in [-0.39, 0.29) is 5.75 Å². The molecule has 3 aromatic rings. The van der Waals surface area contributed by atoms with E-state index in [2.05, 4.69) is 30.0 Å². The molecule has 3 heterocycles. The highest BCUT2D eigenvalue weighted by atomic mass is 32.1. The van der Waals surface area contributed by atoms with Crippen molar-refractivity contribution in [3.8, 4) is 21.9 Å². The van der Waals surface area contributed by atoms with Crippen molar-refractivity contribution in [2.24, 2.45) is 0 Å². The van der Waals surface area contributed by atoms with Crippen LogP contribution in [-0.4, -0.2) is 23.2 Å². The van der Waals surface area contributed by atoms with Crippen molar-refractivity contribution < 1.29 is 14.3 Å². The van der Waals surface area contributed by atoms with Crippen LogP contribution in [-0.2, 0) is 13.1 Å². The van der Waals surface area contributed by atoms with Crippen molar-refractivity contribution in [3.05, 3.63) is 58.9 Å². The molecule has 0 atom stereocenters. The van der Waals surface area contributed by atoms with E-state index in [4.69, 9.17) is 9.15 Å². The number of phenols is 1. The Bertz CT molecular complexity index is 838. The summed E-state index contributed by atoms with van der Waals surface area (Å²) in [6, 6.07) is 12.0. The van der Waals surface area contributed by atoms with E-state index in [0.29, 0.717) is 12.4 Å². The maximum atomic E-state index is 10.4. The number of phenolic OH excluding ortho intramolecular Hbond substituents is 1. The van der Waals surface area contributed by atoms with Gasteiger partial charge >= 0.3 is 0 Å². The van der Waals surface area contributed by atoms with E-state index < -0.39 is 0 Å². The molecule has 1 aromatic carbocycles. The number of aryl methyl sites for hydroxylation is 1. The van der Waals surface area contributed by atoms with Crippen LogP contribution in [0.3, 0.4) is 0 Å². The largest absolute Gasteiger partial charge is 0.504 e. The minimum absolute atomic E-state index is 0.216. The van der Waals surface area contributed by atoms with Gasteiger partial charge in [-0.1, -0.05) is 0 Å². The first-order valence-corrected chi connectivity index (χ1v) is 8.81. The Balaban J connectivity index is 1.65. The predicted molar refractivity (Wildman–Crippen MR) is 94.5 cm³/mol. The molecule has 0 aliphatic carbocycles. The van der Waals surface area contributed by atoms with Crippen LogP contribution in [0.15, 0.2) is 47.1 Å². The lowest BCUT2D eigenvalue weighted by Gasteiger charge is -2.18. The third-order valence-electron chi connectivity index (χ3n) is 4.18. The van der Waals surface area contributed by atoms with Crippen molar-refractivity contribution in [1.29, 1.82) is 0 Å². The number of thiophene rings is 1. The number of nitrogens with zero attached hydrogens (tertiary/aromatic N) is 1. The van der Waals surface area contributed by atoms with E-state index in [1.54, 1.807) is 23.7 Å². The monoisotopic (exact) mass is 341 g/mol. The normalized spacial score (nSPS) is 14.9. The molecule has 24 heavy (non-hydrogen) atoms. The Labute approximate surface area is 144 Å². The molecule has 4 rings (SSSR count). The van der Waals surface area contributed by atoms with Gasteiger partial charge in [0.25, 0.3) is 0 Å². The first-order chi connectivity index (χ1) is 11.7. The summed E-state index contributed by atoms with van der Waals surface area (Å²) in [6.07, 6.45) is 1.70. The molecule has 1 aliphatic heterocycles. The van der Waals surface area contributed by atoms with Crippen molar-refractivity contribution >= 4 is 11.3 Å². The summed E-state index contributed by atoms with van der Waals surface area (Å²) in [5.41, 5.74) is 2.05. The average Bonchev–Trinajstić information content (AvgIpc) is 3.16. The van der Waals surface area contributed by atoms with Gasteiger partial charge in [0, 0.05) is 28.4 Å². The van der Waals surface area contributed by atoms with Crippen LogP contribution in [0.4, 0.5) is 0 Å². The van der Waals surface area contributed by atoms with Crippen LogP contribution in [0.25, 0.3) is 10.4 Å². The van der Waals surface area contributed by atoms with Gasteiger partial charge in [-0.3, -0.25) is 4.90 Å². The van der Waals surface area contributed by atoms with E-state index >= 15 is 0 Å². The zero-order valence-corrected chi connectivity index (χ0v) is 14.3. The van der Waals surface area contributed by atoms with Crippen LogP contribution < -0.4 is 4.74 Å². The molecule has 124 valence electrons. The van der Waals surface area contributed by atoms with Gasteiger partial charge in [-0.15, -0.1) is 11.3 Å². The molecule has 0 unspecified atom stereocenters. The number of benzene rings is 1. The first kappa shape index (κ1) is 15.3. The minimum atomic E-state index is 0.216. The molecule has 0 amide bonds. The summed E-state index contributed by atoms with van der Waals surface area (Å²) in [7, 11) is 0. The van der Waals surface area contributed by atoms with Crippen LogP contribution in [0.2, 0.25) is 0 Å². The maximum Gasteiger partial charge on any atom is 0.165 e. The van der Waals surface area contributed by atoms with Crippen LogP contribution in [0.5, 0.6) is 11.5 Å². The molecule has 4 nitrogen and oxygen atoms in total. The Morgan fingerprint density at radius 1 is 1.25 bits per heavy atom. The van der Waals surface area contributed by atoms with Crippen molar-refractivity contribution in [3.63, 3.8) is 0 Å². The standard InChI is InChI=1S/C19H19NO3S/c1-13-4-5-18(24-13)14-9-15-11-20(12-16-3-2-7-22-16)6-8-23-19(15)17(21)10-14/h2-5,7,9-10,21H,6,8,11-12H2,1H3. The summed E-state index contributed by atoms with van der Waals surface area (Å²) >= 11 is 1.73. The number of hydrogen-bond donors (Lipinski definition) is 1. The Morgan fingerprint density at radius 2 is 2.17 bits per heavy atom. The third kappa shape index (κ3) is 3.05. The third-order valence-corrected chi connectivity index (χ3v) is 5.23. The lowest BCUT2D eigenvalue weighted by molar-refractivity contribution is 0.205. The number of furan rings is 1. The topological polar surface area (TPSA) is 45.8 Å². The fourth-order valence-electron chi connectivity index (χ4n) is 3.04. The Kier molecular flexibility index (Phi) is 4.04.